The van der Waals surface area contributed by atoms with Gasteiger partial charge in [-0.1, -0.05) is 12.1 Å². The molecule has 0 aliphatic rings. The molecule has 1 aromatic carbocycles. The van der Waals surface area contributed by atoms with E-state index in [4.69, 9.17) is 26.8 Å². The van der Waals surface area contributed by atoms with Crippen molar-refractivity contribution in [3.8, 4) is 5.75 Å². The SMILES string of the molecule is NC(=O)CCC(NC(=O)C(N)Cc1ccc(O)cc1)C(=O)NC(CC(=O)O)C(=O)NC(CC(=O)O)C(=O)O. The minimum atomic E-state index is -1.92. The number of aromatic hydroxyl groups is 1. The molecule has 16 nitrogen and oxygen atoms in total. The molecule has 0 aromatic heterocycles. The number of hydrogen-bond donors (Lipinski definition) is 9. The summed E-state index contributed by atoms with van der Waals surface area (Å²) in [6.45, 7) is 0. The molecule has 0 saturated carbocycles. The number of phenolic OH excluding ortho intramolecular Hbond substituents is 1. The molecule has 0 bridgehead atoms. The monoisotopic (exact) mass is 539 g/mol. The molecule has 4 amide bonds. The Bertz CT molecular complexity index is 1060. The Morgan fingerprint density at radius 2 is 1.21 bits per heavy atom. The predicted molar refractivity (Wildman–Crippen MR) is 126 cm³/mol. The summed E-state index contributed by atoms with van der Waals surface area (Å²) in [5, 5.41) is 42.6. The van der Waals surface area contributed by atoms with Gasteiger partial charge < -0.3 is 47.8 Å². The van der Waals surface area contributed by atoms with Crippen molar-refractivity contribution in [2.75, 3.05) is 0 Å². The van der Waals surface area contributed by atoms with E-state index in [1.165, 1.54) is 24.3 Å². The number of rotatable bonds is 16. The molecule has 16 heteroatoms. The van der Waals surface area contributed by atoms with E-state index in [-0.39, 0.29) is 25.0 Å². The number of hydrogen-bond acceptors (Lipinski definition) is 9. The molecule has 0 saturated heterocycles. The average molecular weight is 539 g/mol. The fraction of sp³-hybridized carbons (Fsp3) is 0.409. The lowest BCUT2D eigenvalue weighted by atomic mass is 10.0. The van der Waals surface area contributed by atoms with Gasteiger partial charge in [-0.25, -0.2) is 4.79 Å². The van der Waals surface area contributed by atoms with Crippen LogP contribution in [-0.2, 0) is 40.0 Å². The molecule has 0 aliphatic heterocycles. The molecule has 208 valence electrons. The van der Waals surface area contributed by atoms with E-state index in [0.717, 1.165) is 0 Å². The van der Waals surface area contributed by atoms with Crippen LogP contribution in [0.2, 0.25) is 0 Å². The Balaban J connectivity index is 3.02. The first-order chi connectivity index (χ1) is 17.7. The van der Waals surface area contributed by atoms with Crippen LogP contribution in [0.4, 0.5) is 0 Å². The summed E-state index contributed by atoms with van der Waals surface area (Å²) in [7, 11) is 0. The zero-order valence-electron chi connectivity index (χ0n) is 20.0. The van der Waals surface area contributed by atoms with E-state index >= 15 is 0 Å². The van der Waals surface area contributed by atoms with Gasteiger partial charge in [0.2, 0.25) is 23.6 Å². The molecule has 0 radical (unpaired) electrons. The number of carboxylic acids is 3. The second-order valence-corrected chi connectivity index (χ2v) is 8.20. The minimum Gasteiger partial charge on any atom is -0.508 e. The normalized spacial score (nSPS) is 13.7. The van der Waals surface area contributed by atoms with Crippen LogP contribution in [0.1, 0.15) is 31.2 Å². The molecular formula is C22H29N5O11. The molecular weight excluding hydrogens is 510 g/mol. The third-order valence-electron chi connectivity index (χ3n) is 5.05. The summed E-state index contributed by atoms with van der Waals surface area (Å²) in [6.07, 6.45) is -2.78. The summed E-state index contributed by atoms with van der Waals surface area (Å²) >= 11 is 0. The van der Waals surface area contributed by atoms with Crippen LogP contribution in [0.3, 0.4) is 0 Å². The summed E-state index contributed by atoms with van der Waals surface area (Å²) in [5.74, 6) is -8.93. The van der Waals surface area contributed by atoms with Gasteiger partial charge in [-0.2, -0.15) is 0 Å². The smallest absolute Gasteiger partial charge is 0.326 e. The maximum atomic E-state index is 12.9. The third-order valence-corrected chi connectivity index (χ3v) is 5.05. The van der Waals surface area contributed by atoms with Gasteiger partial charge in [0, 0.05) is 6.42 Å². The van der Waals surface area contributed by atoms with Crippen molar-refractivity contribution in [3.63, 3.8) is 0 Å². The average Bonchev–Trinajstić information content (AvgIpc) is 2.81. The van der Waals surface area contributed by atoms with Gasteiger partial charge in [-0.15, -0.1) is 0 Å². The highest BCUT2D eigenvalue weighted by Crippen LogP contribution is 2.11. The van der Waals surface area contributed by atoms with Crippen LogP contribution in [0, 0.1) is 0 Å². The predicted octanol–water partition coefficient (Wildman–Crippen LogP) is -2.98. The molecule has 1 rings (SSSR count). The maximum absolute atomic E-state index is 12.9. The number of carbonyl (C=O) groups excluding carboxylic acids is 4. The van der Waals surface area contributed by atoms with Crippen LogP contribution < -0.4 is 27.4 Å². The van der Waals surface area contributed by atoms with Crippen LogP contribution in [0.15, 0.2) is 24.3 Å². The van der Waals surface area contributed by atoms with Crippen LogP contribution in [0.5, 0.6) is 5.75 Å². The number of aliphatic carboxylic acids is 3. The highest BCUT2D eigenvalue weighted by molar-refractivity contribution is 5.96. The number of carbonyl (C=O) groups is 7. The van der Waals surface area contributed by atoms with E-state index in [0.29, 0.717) is 5.56 Å². The van der Waals surface area contributed by atoms with Gasteiger partial charge in [-0.05, 0) is 30.5 Å². The van der Waals surface area contributed by atoms with E-state index < -0.39 is 78.5 Å². The number of carboxylic acid groups (broad SMARTS) is 3. The zero-order chi connectivity index (χ0) is 29.0. The van der Waals surface area contributed by atoms with Gasteiger partial charge >= 0.3 is 17.9 Å². The second-order valence-electron chi connectivity index (χ2n) is 8.20. The Kier molecular flexibility index (Phi) is 12.1. The maximum Gasteiger partial charge on any atom is 0.326 e. The fourth-order valence-corrected chi connectivity index (χ4v) is 3.12. The Hall–Kier alpha value is -4.73. The first-order valence-corrected chi connectivity index (χ1v) is 11.1. The molecule has 1 aromatic rings. The van der Waals surface area contributed by atoms with Crippen molar-refractivity contribution < 1.29 is 54.0 Å². The summed E-state index contributed by atoms with van der Waals surface area (Å²) in [6, 6.07) is -0.684. The molecule has 0 aliphatic carbocycles. The number of nitrogens with two attached hydrogens (primary N) is 2. The first kappa shape index (κ1) is 31.3. The number of nitrogens with one attached hydrogen (secondary N) is 3. The van der Waals surface area contributed by atoms with Crippen LogP contribution in [-0.4, -0.2) is 86.1 Å². The largest absolute Gasteiger partial charge is 0.508 e. The number of phenols is 1. The fourth-order valence-electron chi connectivity index (χ4n) is 3.12. The summed E-state index contributed by atoms with van der Waals surface area (Å²) in [4.78, 5) is 82.6. The Morgan fingerprint density at radius 3 is 1.71 bits per heavy atom. The van der Waals surface area contributed by atoms with Gasteiger partial charge in [0.1, 0.15) is 23.9 Å². The molecule has 11 N–H and O–H groups in total. The van der Waals surface area contributed by atoms with E-state index in [9.17, 15) is 38.7 Å². The van der Waals surface area contributed by atoms with Crippen molar-refractivity contribution in [2.24, 2.45) is 11.5 Å². The van der Waals surface area contributed by atoms with E-state index in [1.807, 2.05) is 5.32 Å². The summed E-state index contributed by atoms with van der Waals surface area (Å²) in [5.41, 5.74) is 11.6. The van der Waals surface area contributed by atoms with Crippen LogP contribution in [0.25, 0.3) is 0 Å². The standard InChI is InChI=1S/C22H29N5O11/c23-12(7-10-1-3-11(28)4-2-10)19(34)25-13(5-6-16(24)29)20(35)26-14(8-17(30)31)21(36)27-15(22(37)38)9-18(32)33/h1-4,12-15,28H,5-9,23H2,(H2,24,29)(H,25,34)(H,26,35)(H,27,36)(H,30,31)(H,32,33)(H,37,38). The number of amides is 4. The lowest BCUT2D eigenvalue weighted by molar-refractivity contribution is -0.148. The van der Waals surface area contributed by atoms with Crippen molar-refractivity contribution >= 4 is 41.5 Å². The summed E-state index contributed by atoms with van der Waals surface area (Å²) < 4.78 is 0. The molecule has 0 fully saturated rings. The van der Waals surface area contributed by atoms with Gasteiger partial charge in [-0.3, -0.25) is 28.8 Å². The van der Waals surface area contributed by atoms with Crippen LogP contribution >= 0.6 is 0 Å². The third kappa shape index (κ3) is 11.3. The lowest BCUT2D eigenvalue weighted by Crippen LogP contribution is -2.57. The highest BCUT2D eigenvalue weighted by Gasteiger charge is 2.32. The van der Waals surface area contributed by atoms with Crippen molar-refractivity contribution in [1.29, 1.82) is 0 Å². The lowest BCUT2D eigenvalue weighted by Gasteiger charge is -2.24. The molecule has 4 unspecified atom stereocenters. The molecule has 4 atom stereocenters. The van der Waals surface area contributed by atoms with Gasteiger partial charge in [0.15, 0.2) is 0 Å². The van der Waals surface area contributed by atoms with Gasteiger partial charge in [0.25, 0.3) is 0 Å². The van der Waals surface area contributed by atoms with Crippen molar-refractivity contribution in [2.45, 2.75) is 56.3 Å². The Morgan fingerprint density at radius 1 is 0.737 bits per heavy atom. The minimum absolute atomic E-state index is 0.000467. The van der Waals surface area contributed by atoms with E-state index in [1.54, 1.807) is 0 Å². The van der Waals surface area contributed by atoms with Crippen molar-refractivity contribution in [3.05, 3.63) is 29.8 Å². The molecule has 0 spiro atoms. The van der Waals surface area contributed by atoms with Crippen molar-refractivity contribution in [1.82, 2.24) is 16.0 Å². The quantitative estimate of drug-likeness (QED) is 0.102. The topological polar surface area (TPSA) is 289 Å². The van der Waals surface area contributed by atoms with Gasteiger partial charge in [0.05, 0.1) is 18.9 Å². The molecule has 0 heterocycles. The second kappa shape index (κ2) is 14.7. The highest BCUT2D eigenvalue weighted by atomic mass is 16.4. The Labute approximate surface area is 215 Å². The first-order valence-electron chi connectivity index (χ1n) is 11.1. The number of primary amides is 1. The number of benzene rings is 1. The molecule has 38 heavy (non-hydrogen) atoms. The van der Waals surface area contributed by atoms with E-state index in [2.05, 4.69) is 10.6 Å². The zero-order valence-corrected chi connectivity index (χ0v) is 20.0.